The molecule has 11 heteroatoms. The van der Waals surface area contributed by atoms with E-state index in [1.165, 1.54) is 0 Å². The lowest BCUT2D eigenvalue weighted by molar-refractivity contribution is -0.359. The second kappa shape index (κ2) is 11.1. The molecule has 2 fully saturated rings. The van der Waals surface area contributed by atoms with E-state index in [9.17, 15) is 35.7 Å². The number of ether oxygens (including phenoxy) is 4. The summed E-state index contributed by atoms with van der Waals surface area (Å²) in [7, 11) is 0. The monoisotopic (exact) mass is 412 g/mol. The van der Waals surface area contributed by atoms with E-state index >= 15 is 0 Å². The average Bonchev–Trinajstić information content (AvgIpc) is 2.70. The van der Waals surface area contributed by atoms with Gasteiger partial charge in [-0.3, -0.25) is 0 Å². The molecular formula is C17H32O11. The maximum Gasteiger partial charge on any atom is 0.187 e. The number of hydrogen-bond acceptors (Lipinski definition) is 11. The molecule has 28 heavy (non-hydrogen) atoms. The number of aliphatic hydroxyl groups is 7. The first-order chi connectivity index (χ1) is 13.3. The lowest BCUT2D eigenvalue weighted by Gasteiger charge is -2.45. The zero-order valence-corrected chi connectivity index (χ0v) is 15.8. The van der Waals surface area contributed by atoms with Crippen LogP contribution in [0.3, 0.4) is 0 Å². The molecular weight excluding hydrogens is 380 g/mol. The minimum absolute atomic E-state index is 0.304. The Morgan fingerprint density at radius 3 is 1.93 bits per heavy atom. The van der Waals surface area contributed by atoms with Gasteiger partial charge in [-0.25, -0.2) is 0 Å². The van der Waals surface area contributed by atoms with Crippen molar-refractivity contribution in [1.29, 1.82) is 0 Å². The highest BCUT2D eigenvalue weighted by Crippen LogP contribution is 2.29. The van der Waals surface area contributed by atoms with Crippen LogP contribution in [0.5, 0.6) is 0 Å². The molecule has 0 radical (unpaired) electrons. The molecule has 7 N–H and O–H groups in total. The Bertz CT molecular complexity index is 449. The van der Waals surface area contributed by atoms with Gasteiger partial charge in [-0.1, -0.05) is 19.8 Å². The third-order valence-electron chi connectivity index (χ3n) is 4.99. The van der Waals surface area contributed by atoms with Crippen molar-refractivity contribution in [2.24, 2.45) is 0 Å². The third kappa shape index (κ3) is 5.37. The molecule has 0 aliphatic carbocycles. The van der Waals surface area contributed by atoms with Crippen LogP contribution in [0.2, 0.25) is 0 Å². The predicted molar refractivity (Wildman–Crippen MR) is 91.9 cm³/mol. The quantitative estimate of drug-likeness (QED) is 0.190. The first-order valence-corrected chi connectivity index (χ1v) is 9.55. The normalized spacial score (nSPS) is 44.6. The molecule has 0 saturated carbocycles. The molecule has 10 atom stereocenters. The van der Waals surface area contributed by atoms with Gasteiger partial charge in [0.25, 0.3) is 0 Å². The Morgan fingerprint density at radius 1 is 0.714 bits per heavy atom. The molecule has 0 aromatic rings. The summed E-state index contributed by atoms with van der Waals surface area (Å²) in [6, 6.07) is 0. The van der Waals surface area contributed by atoms with Crippen molar-refractivity contribution in [1.82, 2.24) is 0 Å². The Hall–Kier alpha value is -0.440. The van der Waals surface area contributed by atoms with E-state index in [0.29, 0.717) is 6.61 Å². The zero-order valence-electron chi connectivity index (χ0n) is 15.8. The van der Waals surface area contributed by atoms with Crippen molar-refractivity contribution < 1.29 is 54.7 Å². The summed E-state index contributed by atoms with van der Waals surface area (Å²) in [5, 5.41) is 69.2. The van der Waals surface area contributed by atoms with E-state index in [2.05, 4.69) is 0 Å². The summed E-state index contributed by atoms with van der Waals surface area (Å²) in [5.41, 5.74) is 0. The number of rotatable bonds is 9. The lowest BCUT2D eigenvalue weighted by atomic mass is 9.97. The molecule has 2 aliphatic heterocycles. The number of unbranched alkanes of at least 4 members (excludes halogenated alkanes) is 2. The highest BCUT2D eigenvalue weighted by atomic mass is 16.7. The first-order valence-electron chi connectivity index (χ1n) is 9.55. The maximum absolute atomic E-state index is 10.4. The summed E-state index contributed by atoms with van der Waals surface area (Å²) in [6.45, 7) is 1.10. The van der Waals surface area contributed by atoms with Crippen LogP contribution in [0.15, 0.2) is 0 Å². The van der Waals surface area contributed by atoms with Crippen LogP contribution in [-0.2, 0) is 18.9 Å². The maximum atomic E-state index is 10.4. The topological polar surface area (TPSA) is 179 Å². The van der Waals surface area contributed by atoms with Gasteiger partial charge < -0.3 is 54.7 Å². The largest absolute Gasteiger partial charge is 0.394 e. The Kier molecular flexibility index (Phi) is 9.44. The highest BCUT2D eigenvalue weighted by molar-refractivity contribution is 4.94. The van der Waals surface area contributed by atoms with Gasteiger partial charge in [0.1, 0.15) is 48.8 Å². The molecule has 0 aromatic carbocycles. The van der Waals surface area contributed by atoms with E-state index in [4.69, 9.17) is 18.9 Å². The second-order valence-corrected chi connectivity index (χ2v) is 7.08. The van der Waals surface area contributed by atoms with Crippen LogP contribution in [0.1, 0.15) is 26.2 Å². The number of hydrogen-bond donors (Lipinski definition) is 7. The van der Waals surface area contributed by atoms with Crippen molar-refractivity contribution in [2.75, 3.05) is 19.8 Å². The van der Waals surface area contributed by atoms with Gasteiger partial charge in [-0.15, -0.1) is 0 Å². The molecule has 0 unspecified atom stereocenters. The summed E-state index contributed by atoms with van der Waals surface area (Å²) in [6.07, 6.45) is -11.6. The van der Waals surface area contributed by atoms with Gasteiger partial charge in [0.15, 0.2) is 12.6 Å². The molecule has 2 rings (SSSR count). The standard InChI is InChI=1S/C17H32O11/c1-2-3-4-5-25-16-14(24)12(22)15(9(7-19)27-16)28-17-13(23)11(21)10(20)8(6-18)26-17/h8-24H,2-7H2,1H3/t8-,9-,10-,11+,12-,13-,14-,15-,16+,17-/m1/s1. The number of aliphatic hydroxyl groups excluding tert-OH is 7. The zero-order chi connectivity index (χ0) is 20.8. The fourth-order valence-electron chi connectivity index (χ4n) is 3.24. The molecule has 2 saturated heterocycles. The average molecular weight is 412 g/mol. The second-order valence-electron chi connectivity index (χ2n) is 7.08. The molecule has 0 bridgehead atoms. The first kappa shape index (κ1) is 23.8. The van der Waals surface area contributed by atoms with Gasteiger partial charge in [-0.2, -0.15) is 0 Å². The van der Waals surface area contributed by atoms with Gasteiger partial charge >= 0.3 is 0 Å². The minimum Gasteiger partial charge on any atom is -0.394 e. The van der Waals surface area contributed by atoms with E-state index in [-0.39, 0.29) is 0 Å². The van der Waals surface area contributed by atoms with Gasteiger partial charge in [0.2, 0.25) is 0 Å². The van der Waals surface area contributed by atoms with E-state index in [1.807, 2.05) is 6.92 Å². The summed E-state index contributed by atoms with van der Waals surface area (Å²) in [4.78, 5) is 0. The Morgan fingerprint density at radius 2 is 1.32 bits per heavy atom. The van der Waals surface area contributed by atoms with E-state index in [1.54, 1.807) is 0 Å². The van der Waals surface area contributed by atoms with Gasteiger partial charge in [0, 0.05) is 6.61 Å². The summed E-state index contributed by atoms with van der Waals surface area (Å²) in [5.74, 6) is 0. The van der Waals surface area contributed by atoms with E-state index < -0.39 is 74.6 Å². The smallest absolute Gasteiger partial charge is 0.187 e. The Labute approximate surface area is 163 Å². The van der Waals surface area contributed by atoms with Crippen LogP contribution in [-0.4, -0.2) is 117 Å². The predicted octanol–water partition coefficient (Wildman–Crippen LogP) is -3.18. The van der Waals surface area contributed by atoms with Crippen molar-refractivity contribution in [3.05, 3.63) is 0 Å². The van der Waals surface area contributed by atoms with Crippen molar-refractivity contribution >= 4 is 0 Å². The summed E-state index contributed by atoms with van der Waals surface area (Å²) < 4.78 is 21.6. The van der Waals surface area contributed by atoms with Crippen molar-refractivity contribution in [2.45, 2.75) is 87.6 Å². The van der Waals surface area contributed by atoms with Crippen LogP contribution in [0, 0.1) is 0 Å². The van der Waals surface area contributed by atoms with Crippen LogP contribution < -0.4 is 0 Å². The molecule has 11 nitrogen and oxygen atoms in total. The Balaban J connectivity index is 2.02. The lowest BCUT2D eigenvalue weighted by Crippen LogP contribution is -2.64. The van der Waals surface area contributed by atoms with Crippen LogP contribution in [0.25, 0.3) is 0 Å². The fraction of sp³-hybridized carbons (Fsp3) is 1.00. The molecule has 2 heterocycles. The SMILES string of the molecule is CCCCCO[C@H]1O[C@H](CO)[C@@H](O[C@H]2O[C@H](CO)[C@@H](O)[C@H](O)[C@H]2O)[C@H](O)[C@H]1O. The molecule has 2 aliphatic rings. The van der Waals surface area contributed by atoms with Gasteiger partial charge in [-0.05, 0) is 6.42 Å². The van der Waals surface area contributed by atoms with Crippen molar-refractivity contribution in [3.63, 3.8) is 0 Å². The summed E-state index contributed by atoms with van der Waals surface area (Å²) >= 11 is 0. The minimum atomic E-state index is -1.69. The van der Waals surface area contributed by atoms with Gasteiger partial charge in [0.05, 0.1) is 13.2 Å². The highest BCUT2D eigenvalue weighted by Gasteiger charge is 2.50. The van der Waals surface area contributed by atoms with E-state index in [0.717, 1.165) is 19.3 Å². The molecule has 166 valence electrons. The third-order valence-corrected chi connectivity index (χ3v) is 4.99. The van der Waals surface area contributed by atoms with Crippen LogP contribution in [0.4, 0.5) is 0 Å². The molecule has 0 spiro atoms. The molecule has 0 amide bonds. The molecule has 0 aromatic heterocycles. The fourth-order valence-corrected chi connectivity index (χ4v) is 3.24. The van der Waals surface area contributed by atoms with Crippen LogP contribution >= 0.6 is 0 Å². The van der Waals surface area contributed by atoms with Crippen molar-refractivity contribution in [3.8, 4) is 0 Å².